The zero-order chi connectivity index (χ0) is 15.5. The number of nitrogens with two attached hydrogens (primary N) is 1. The van der Waals surface area contributed by atoms with Crippen molar-refractivity contribution in [3.05, 3.63) is 11.7 Å². The molecule has 22 heavy (non-hydrogen) atoms. The molecule has 0 unspecified atom stereocenters. The van der Waals surface area contributed by atoms with Crippen molar-refractivity contribution < 1.29 is 4.52 Å². The molecule has 0 atom stereocenters. The number of nitrogens with zero attached hydrogens (tertiary/aromatic N) is 3. The van der Waals surface area contributed by atoms with Crippen molar-refractivity contribution in [1.82, 2.24) is 15.5 Å². The fourth-order valence-corrected chi connectivity index (χ4v) is 1.86. The minimum Gasteiger partial charge on any atom is -0.370 e. The van der Waals surface area contributed by atoms with Gasteiger partial charge in [0.2, 0.25) is 5.89 Å². The fraction of sp³-hybridized carbons (Fsp3) is 0.800. The monoisotopic (exact) mass is 423 g/mol. The summed E-state index contributed by atoms with van der Waals surface area (Å²) in [6, 6.07) is 0. The van der Waals surface area contributed by atoms with Crippen LogP contribution in [0.15, 0.2) is 9.52 Å². The van der Waals surface area contributed by atoms with Gasteiger partial charge in [0.1, 0.15) is 0 Å². The number of halogens is 1. The van der Waals surface area contributed by atoms with Crippen LogP contribution in [-0.4, -0.2) is 29.2 Å². The number of unbranched alkanes of at least 4 members (excludes halogenated alkanes) is 3. The van der Waals surface area contributed by atoms with E-state index in [-0.39, 0.29) is 24.0 Å². The molecule has 0 aliphatic rings. The normalized spacial score (nSPS) is 11.5. The number of aryl methyl sites for hydroxylation is 1. The van der Waals surface area contributed by atoms with Crippen LogP contribution in [0.1, 0.15) is 70.5 Å². The van der Waals surface area contributed by atoms with Crippen LogP contribution in [0.2, 0.25) is 0 Å². The number of nitrogens with one attached hydrogen (secondary N) is 1. The maximum Gasteiger partial charge on any atom is 0.226 e. The summed E-state index contributed by atoms with van der Waals surface area (Å²) in [5.74, 6) is 2.27. The lowest BCUT2D eigenvalue weighted by atomic mass is 10.2. The highest BCUT2D eigenvalue weighted by atomic mass is 127. The van der Waals surface area contributed by atoms with Crippen LogP contribution in [-0.2, 0) is 6.42 Å². The first-order chi connectivity index (χ1) is 10.1. The van der Waals surface area contributed by atoms with Crippen LogP contribution >= 0.6 is 24.0 Å². The first-order valence-electron chi connectivity index (χ1n) is 7.99. The summed E-state index contributed by atoms with van der Waals surface area (Å²) in [6.45, 7) is 7.87. The fourth-order valence-electron chi connectivity index (χ4n) is 1.86. The molecule has 0 amide bonds. The van der Waals surface area contributed by atoms with Gasteiger partial charge in [-0.1, -0.05) is 45.2 Å². The highest BCUT2D eigenvalue weighted by Gasteiger charge is 2.08. The minimum absolute atomic E-state index is 0. The Morgan fingerprint density at radius 2 is 2.05 bits per heavy atom. The van der Waals surface area contributed by atoms with E-state index in [0.29, 0.717) is 24.3 Å². The minimum atomic E-state index is 0. The molecule has 6 nitrogen and oxygen atoms in total. The zero-order valence-electron chi connectivity index (χ0n) is 14.0. The highest BCUT2D eigenvalue weighted by molar-refractivity contribution is 14.0. The summed E-state index contributed by atoms with van der Waals surface area (Å²) in [7, 11) is 0. The second-order valence-electron chi connectivity index (χ2n) is 5.56. The topological polar surface area (TPSA) is 89.3 Å². The summed E-state index contributed by atoms with van der Waals surface area (Å²) in [5.41, 5.74) is 5.80. The van der Waals surface area contributed by atoms with Gasteiger partial charge >= 0.3 is 0 Å². The Morgan fingerprint density at radius 3 is 2.68 bits per heavy atom. The molecule has 0 saturated heterocycles. The summed E-state index contributed by atoms with van der Waals surface area (Å²) in [6.07, 6.45) is 6.51. The molecule has 0 fully saturated rings. The number of hydrogen-bond donors (Lipinski definition) is 2. The lowest BCUT2D eigenvalue weighted by Gasteiger charge is -2.04. The van der Waals surface area contributed by atoms with Crippen LogP contribution in [0.25, 0.3) is 0 Å². The second kappa shape index (κ2) is 12.7. The van der Waals surface area contributed by atoms with Crippen LogP contribution in [0.5, 0.6) is 0 Å². The Bertz CT molecular complexity index is 420. The summed E-state index contributed by atoms with van der Waals surface area (Å²) in [5, 5.41) is 7.07. The summed E-state index contributed by atoms with van der Waals surface area (Å²) >= 11 is 0. The largest absolute Gasteiger partial charge is 0.370 e. The van der Waals surface area contributed by atoms with Crippen molar-refractivity contribution >= 4 is 29.9 Å². The predicted octanol–water partition coefficient (Wildman–Crippen LogP) is 3.23. The average Bonchev–Trinajstić information content (AvgIpc) is 2.92. The van der Waals surface area contributed by atoms with Gasteiger partial charge in [0, 0.05) is 25.4 Å². The Balaban J connectivity index is 0.00000441. The molecule has 0 bridgehead atoms. The Hall–Kier alpha value is -0.860. The van der Waals surface area contributed by atoms with Gasteiger partial charge in [-0.25, -0.2) is 0 Å². The van der Waals surface area contributed by atoms with E-state index < -0.39 is 0 Å². The third-order valence-electron chi connectivity index (χ3n) is 3.17. The van der Waals surface area contributed by atoms with E-state index in [9.17, 15) is 0 Å². The van der Waals surface area contributed by atoms with E-state index in [2.05, 4.69) is 27.4 Å². The predicted molar refractivity (Wildman–Crippen MR) is 101 cm³/mol. The molecule has 0 radical (unpaired) electrons. The van der Waals surface area contributed by atoms with Crippen LogP contribution in [0, 0.1) is 0 Å². The number of guanidine groups is 1. The van der Waals surface area contributed by atoms with Crippen molar-refractivity contribution in [3.8, 4) is 0 Å². The van der Waals surface area contributed by atoms with Gasteiger partial charge in [-0.2, -0.15) is 4.98 Å². The van der Waals surface area contributed by atoms with Gasteiger partial charge in [-0.05, 0) is 12.8 Å². The average molecular weight is 423 g/mol. The Labute approximate surface area is 150 Å². The van der Waals surface area contributed by atoms with E-state index >= 15 is 0 Å². The first-order valence-corrected chi connectivity index (χ1v) is 7.99. The maximum atomic E-state index is 5.80. The molecule has 7 heteroatoms. The van der Waals surface area contributed by atoms with Gasteiger partial charge < -0.3 is 15.6 Å². The van der Waals surface area contributed by atoms with Gasteiger partial charge in [0.15, 0.2) is 11.8 Å². The molecule has 0 aliphatic heterocycles. The standard InChI is InChI=1S/C15H29N5O.HI/c1-4-5-6-7-10-17-15(16)18-11-8-9-13-19-14(12(2)3)20-21-13;/h12H,4-11H2,1-3H3,(H3,16,17,18);1H. The van der Waals surface area contributed by atoms with E-state index in [4.69, 9.17) is 10.3 Å². The molecular weight excluding hydrogens is 393 g/mol. The second-order valence-corrected chi connectivity index (χ2v) is 5.56. The van der Waals surface area contributed by atoms with E-state index in [1.165, 1.54) is 19.3 Å². The van der Waals surface area contributed by atoms with Gasteiger partial charge in [0.05, 0.1) is 0 Å². The molecular formula is C15H30IN5O. The van der Waals surface area contributed by atoms with Crippen molar-refractivity contribution in [2.24, 2.45) is 10.7 Å². The quantitative estimate of drug-likeness (QED) is 0.261. The first kappa shape index (κ1) is 21.1. The number of aromatic nitrogens is 2. The molecule has 1 rings (SSSR count). The molecule has 128 valence electrons. The summed E-state index contributed by atoms with van der Waals surface area (Å²) in [4.78, 5) is 8.62. The van der Waals surface area contributed by atoms with Crippen LogP contribution < -0.4 is 11.1 Å². The van der Waals surface area contributed by atoms with Crippen molar-refractivity contribution in [2.75, 3.05) is 13.1 Å². The van der Waals surface area contributed by atoms with Crippen molar-refractivity contribution in [2.45, 2.75) is 65.2 Å². The van der Waals surface area contributed by atoms with Gasteiger partial charge in [-0.3, -0.25) is 4.99 Å². The number of aliphatic imine (C=N–C) groups is 1. The Morgan fingerprint density at radius 1 is 1.27 bits per heavy atom. The third kappa shape index (κ3) is 9.22. The molecule has 1 heterocycles. The zero-order valence-corrected chi connectivity index (χ0v) is 16.3. The molecule has 0 saturated carbocycles. The lowest BCUT2D eigenvalue weighted by Crippen LogP contribution is -2.32. The van der Waals surface area contributed by atoms with Gasteiger partial charge in [-0.15, -0.1) is 24.0 Å². The molecule has 0 aromatic carbocycles. The summed E-state index contributed by atoms with van der Waals surface area (Å²) < 4.78 is 5.18. The van der Waals surface area contributed by atoms with E-state index in [0.717, 1.165) is 31.6 Å². The van der Waals surface area contributed by atoms with E-state index in [1.807, 2.05) is 13.8 Å². The van der Waals surface area contributed by atoms with E-state index in [1.54, 1.807) is 0 Å². The highest BCUT2D eigenvalue weighted by Crippen LogP contribution is 2.10. The molecule has 0 aliphatic carbocycles. The van der Waals surface area contributed by atoms with Crippen LogP contribution in [0.4, 0.5) is 0 Å². The van der Waals surface area contributed by atoms with Crippen LogP contribution in [0.3, 0.4) is 0 Å². The number of rotatable bonds is 10. The molecule has 1 aromatic rings. The molecule has 0 spiro atoms. The van der Waals surface area contributed by atoms with Gasteiger partial charge in [0.25, 0.3) is 0 Å². The number of hydrogen-bond acceptors (Lipinski definition) is 4. The molecule has 1 aromatic heterocycles. The van der Waals surface area contributed by atoms with Crippen molar-refractivity contribution in [3.63, 3.8) is 0 Å². The SMILES string of the molecule is CCCCCCNC(N)=NCCCc1nc(C(C)C)no1.I. The lowest BCUT2D eigenvalue weighted by molar-refractivity contribution is 0.369. The molecule has 3 N–H and O–H groups in total. The Kier molecular flexibility index (Phi) is 12.2. The smallest absolute Gasteiger partial charge is 0.226 e. The third-order valence-corrected chi connectivity index (χ3v) is 3.17. The maximum absolute atomic E-state index is 5.80. The van der Waals surface area contributed by atoms with Crippen molar-refractivity contribution in [1.29, 1.82) is 0 Å².